The Hall–Kier alpha value is -1.95. The summed E-state index contributed by atoms with van der Waals surface area (Å²) >= 11 is 1.06. The lowest BCUT2D eigenvalue weighted by molar-refractivity contribution is 0.103. The van der Waals surface area contributed by atoms with Crippen LogP contribution in [0.2, 0.25) is 0 Å². The molecule has 1 aromatic carbocycles. The SMILES string of the molecule is COc1ccc(NC(=O)c2cnns2)cc1. The van der Waals surface area contributed by atoms with E-state index in [1.54, 1.807) is 31.4 Å². The van der Waals surface area contributed by atoms with Crippen LogP contribution in [-0.4, -0.2) is 22.6 Å². The van der Waals surface area contributed by atoms with Crippen molar-refractivity contribution in [1.82, 2.24) is 9.59 Å². The van der Waals surface area contributed by atoms with Gasteiger partial charge in [-0.3, -0.25) is 4.79 Å². The molecule has 2 aromatic rings. The van der Waals surface area contributed by atoms with Crippen molar-refractivity contribution in [3.8, 4) is 5.75 Å². The molecule has 0 saturated heterocycles. The van der Waals surface area contributed by atoms with E-state index in [0.29, 0.717) is 10.6 Å². The van der Waals surface area contributed by atoms with Gasteiger partial charge >= 0.3 is 0 Å². The third kappa shape index (κ3) is 2.34. The zero-order valence-electron chi connectivity index (χ0n) is 8.51. The predicted octanol–water partition coefficient (Wildman–Crippen LogP) is 1.80. The molecule has 0 radical (unpaired) electrons. The quantitative estimate of drug-likeness (QED) is 0.881. The van der Waals surface area contributed by atoms with Crippen molar-refractivity contribution in [2.75, 3.05) is 12.4 Å². The van der Waals surface area contributed by atoms with E-state index in [1.807, 2.05) is 0 Å². The number of hydrogen-bond acceptors (Lipinski definition) is 5. The third-order valence-electron chi connectivity index (χ3n) is 1.93. The van der Waals surface area contributed by atoms with Crippen LogP contribution in [0.3, 0.4) is 0 Å². The average Bonchev–Trinajstić information content (AvgIpc) is 2.83. The molecule has 0 spiro atoms. The summed E-state index contributed by atoms with van der Waals surface area (Å²) in [5.74, 6) is 0.539. The maximum Gasteiger partial charge on any atom is 0.269 e. The molecule has 0 aliphatic rings. The molecule has 0 fully saturated rings. The molecule has 0 aliphatic carbocycles. The zero-order valence-corrected chi connectivity index (χ0v) is 9.32. The summed E-state index contributed by atoms with van der Waals surface area (Å²) < 4.78 is 8.64. The summed E-state index contributed by atoms with van der Waals surface area (Å²) in [6.07, 6.45) is 1.43. The molecule has 0 unspecified atom stereocenters. The van der Waals surface area contributed by atoms with Gasteiger partial charge in [0, 0.05) is 5.69 Å². The number of amides is 1. The lowest BCUT2D eigenvalue weighted by Crippen LogP contribution is -2.09. The maximum atomic E-state index is 11.6. The molecule has 0 atom stereocenters. The lowest BCUT2D eigenvalue weighted by Gasteiger charge is -2.04. The number of nitrogens with one attached hydrogen (secondary N) is 1. The fourth-order valence-corrected chi connectivity index (χ4v) is 1.54. The highest BCUT2D eigenvalue weighted by Gasteiger charge is 2.08. The lowest BCUT2D eigenvalue weighted by atomic mass is 10.3. The van der Waals surface area contributed by atoms with E-state index in [-0.39, 0.29) is 5.91 Å². The van der Waals surface area contributed by atoms with Gasteiger partial charge in [-0.15, -0.1) is 5.10 Å². The Morgan fingerprint density at radius 3 is 2.69 bits per heavy atom. The van der Waals surface area contributed by atoms with Gasteiger partial charge in [-0.05, 0) is 35.8 Å². The van der Waals surface area contributed by atoms with Gasteiger partial charge in [-0.2, -0.15) is 0 Å². The first-order valence-electron chi connectivity index (χ1n) is 4.52. The first-order valence-corrected chi connectivity index (χ1v) is 5.29. The molecule has 2 rings (SSSR count). The number of aromatic nitrogens is 2. The Bertz CT molecular complexity index is 467. The van der Waals surface area contributed by atoms with Crippen molar-refractivity contribution in [1.29, 1.82) is 0 Å². The summed E-state index contributed by atoms with van der Waals surface area (Å²) in [5.41, 5.74) is 0.708. The van der Waals surface area contributed by atoms with Crippen molar-refractivity contribution in [3.05, 3.63) is 35.3 Å². The van der Waals surface area contributed by atoms with Crippen LogP contribution in [0.5, 0.6) is 5.75 Å². The zero-order chi connectivity index (χ0) is 11.4. The molecule has 0 aliphatic heterocycles. The number of benzene rings is 1. The first kappa shape index (κ1) is 10.6. The van der Waals surface area contributed by atoms with Crippen molar-refractivity contribution in [2.24, 2.45) is 0 Å². The largest absolute Gasteiger partial charge is 0.497 e. The van der Waals surface area contributed by atoms with Gasteiger partial charge < -0.3 is 10.1 Å². The number of carbonyl (C=O) groups is 1. The number of hydrogen-bond donors (Lipinski definition) is 1. The third-order valence-corrected chi connectivity index (χ3v) is 2.60. The van der Waals surface area contributed by atoms with Gasteiger partial charge in [0.2, 0.25) is 0 Å². The van der Waals surface area contributed by atoms with Crippen LogP contribution < -0.4 is 10.1 Å². The molecule has 1 aromatic heterocycles. The molecular weight excluding hydrogens is 226 g/mol. The van der Waals surface area contributed by atoms with Crippen LogP contribution in [-0.2, 0) is 0 Å². The van der Waals surface area contributed by atoms with Gasteiger partial charge in [0.25, 0.3) is 5.91 Å². The molecular formula is C10H9N3O2S. The minimum absolute atomic E-state index is 0.208. The van der Waals surface area contributed by atoms with Crippen LogP contribution in [0.4, 0.5) is 5.69 Å². The highest BCUT2D eigenvalue weighted by Crippen LogP contribution is 2.16. The molecule has 0 saturated carbocycles. The highest BCUT2D eigenvalue weighted by molar-refractivity contribution is 7.07. The average molecular weight is 235 g/mol. The molecule has 6 heteroatoms. The van der Waals surface area contributed by atoms with E-state index in [4.69, 9.17) is 4.74 Å². The number of ether oxygens (including phenoxy) is 1. The van der Waals surface area contributed by atoms with E-state index >= 15 is 0 Å². The molecule has 1 N–H and O–H groups in total. The fourth-order valence-electron chi connectivity index (χ4n) is 1.13. The van der Waals surface area contributed by atoms with E-state index in [9.17, 15) is 4.79 Å². The van der Waals surface area contributed by atoms with E-state index in [0.717, 1.165) is 17.3 Å². The minimum atomic E-state index is -0.208. The Balaban J connectivity index is 2.06. The van der Waals surface area contributed by atoms with Gasteiger partial charge in [0.15, 0.2) is 0 Å². The van der Waals surface area contributed by atoms with Gasteiger partial charge in [0.1, 0.15) is 10.6 Å². The summed E-state index contributed by atoms with van der Waals surface area (Å²) in [4.78, 5) is 12.1. The molecule has 16 heavy (non-hydrogen) atoms. The number of methoxy groups -OCH3 is 1. The van der Waals surface area contributed by atoms with Crippen molar-refractivity contribution < 1.29 is 9.53 Å². The first-order chi connectivity index (χ1) is 7.79. The smallest absolute Gasteiger partial charge is 0.269 e. The van der Waals surface area contributed by atoms with Crippen LogP contribution >= 0.6 is 11.5 Å². The van der Waals surface area contributed by atoms with E-state index in [1.165, 1.54) is 6.20 Å². The molecule has 0 bridgehead atoms. The minimum Gasteiger partial charge on any atom is -0.497 e. The number of rotatable bonds is 3. The summed E-state index contributed by atoms with van der Waals surface area (Å²) in [6.45, 7) is 0. The van der Waals surface area contributed by atoms with Crippen molar-refractivity contribution in [2.45, 2.75) is 0 Å². The second-order valence-electron chi connectivity index (χ2n) is 2.96. The number of anilines is 1. The van der Waals surface area contributed by atoms with Crippen LogP contribution in [0.1, 0.15) is 9.67 Å². The van der Waals surface area contributed by atoms with Gasteiger partial charge in [-0.25, -0.2) is 0 Å². The molecule has 5 nitrogen and oxygen atoms in total. The predicted molar refractivity (Wildman–Crippen MR) is 60.9 cm³/mol. The summed E-state index contributed by atoms with van der Waals surface area (Å²) in [6, 6.07) is 7.09. The Labute approximate surface area is 96.2 Å². The van der Waals surface area contributed by atoms with Gasteiger partial charge in [-0.1, -0.05) is 4.49 Å². The van der Waals surface area contributed by atoms with Crippen LogP contribution in [0.15, 0.2) is 30.5 Å². The van der Waals surface area contributed by atoms with Crippen molar-refractivity contribution >= 4 is 23.1 Å². The molecule has 1 heterocycles. The van der Waals surface area contributed by atoms with Crippen LogP contribution in [0, 0.1) is 0 Å². The van der Waals surface area contributed by atoms with E-state index in [2.05, 4.69) is 14.9 Å². The molecule has 1 amide bonds. The van der Waals surface area contributed by atoms with Crippen LogP contribution in [0.25, 0.3) is 0 Å². The second-order valence-corrected chi connectivity index (χ2v) is 3.75. The number of nitrogens with zero attached hydrogens (tertiary/aromatic N) is 2. The normalized spacial score (nSPS) is 9.81. The highest BCUT2D eigenvalue weighted by atomic mass is 32.1. The Morgan fingerprint density at radius 1 is 1.38 bits per heavy atom. The summed E-state index contributed by atoms with van der Waals surface area (Å²) in [7, 11) is 1.59. The van der Waals surface area contributed by atoms with Crippen molar-refractivity contribution in [3.63, 3.8) is 0 Å². The standard InChI is InChI=1S/C10H9N3O2S/c1-15-8-4-2-7(3-5-8)12-10(14)9-6-11-13-16-9/h2-6H,1H3,(H,12,14). The maximum absolute atomic E-state index is 11.6. The topological polar surface area (TPSA) is 64.1 Å². The fraction of sp³-hybridized carbons (Fsp3) is 0.100. The Kier molecular flexibility index (Phi) is 3.11. The Morgan fingerprint density at radius 2 is 2.12 bits per heavy atom. The number of carbonyl (C=O) groups excluding carboxylic acids is 1. The monoisotopic (exact) mass is 235 g/mol. The summed E-state index contributed by atoms with van der Waals surface area (Å²) in [5, 5.41) is 6.33. The second kappa shape index (κ2) is 4.71. The molecule has 82 valence electrons. The van der Waals surface area contributed by atoms with E-state index < -0.39 is 0 Å². The van der Waals surface area contributed by atoms with Gasteiger partial charge in [0.05, 0.1) is 13.3 Å².